The van der Waals surface area contributed by atoms with E-state index in [9.17, 15) is 0 Å². The molecule has 0 radical (unpaired) electrons. The Labute approximate surface area is 132 Å². The maximum atomic E-state index is 4.08. The normalized spacial score (nSPS) is 12.7. The summed E-state index contributed by atoms with van der Waals surface area (Å²) in [6.45, 7) is 0. The Kier molecular flexibility index (Phi) is 4.03. The summed E-state index contributed by atoms with van der Waals surface area (Å²) >= 11 is 3.49. The van der Waals surface area contributed by atoms with Gasteiger partial charge in [-0.1, -0.05) is 47.7 Å². The largest absolute Gasteiger partial charge is 0.311 e. The predicted molar refractivity (Wildman–Crippen MR) is 88.2 cm³/mol. The zero-order chi connectivity index (χ0) is 14.8. The Bertz CT molecular complexity index is 741. The highest BCUT2D eigenvalue weighted by Crippen LogP contribution is 2.27. The molecule has 108 valence electrons. The van der Waals surface area contributed by atoms with E-state index in [0.717, 1.165) is 16.7 Å². The lowest BCUT2D eigenvalue weighted by molar-refractivity contribution is 0.534. The summed E-state index contributed by atoms with van der Waals surface area (Å²) in [5.41, 5.74) is 2.38. The van der Waals surface area contributed by atoms with Crippen LogP contribution in [-0.2, 0) is 13.5 Å². The number of fused-ring (bicyclic) bond motifs is 1. The lowest BCUT2D eigenvalue weighted by Crippen LogP contribution is -2.22. The molecule has 1 atom stereocenters. The number of nitrogens with zero attached hydrogens (tertiary/aromatic N) is 3. The molecule has 0 spiro atoms. The third-order valence-electron chi connectivity index (χ3n) is 3.81. The second-order valence-corrected chi connectivity index (χ2v) is 5.82. The predicted octanol–water partition coefficient (Wildman–Crippen LogP) is 3.23. The Morgan fingerprint density at radius 2 is 1.95 bits per heavy atom. The molecule has 4 nitrogen and oxygen atoms in total. The lowest BCUT2D eigenvalue weighted by atomic mass is 9.97. The first-order valence-electron chi connectivity index (χ1n) is 6.89. The molecule has 0 fully saturated rings. The highest BCUT2D eigenvalue weighted by Gasteiger charge is 2.19. The van der Waals surface area contributed by atoms with Gasteiger partial charge in [0.15, 0.2) is 4.60 Å². The minimum absolute atomic E-state index is 0.158. The Hall–Kier alpha value is -1.72. The number of benzene rings is 2. The van der Waals surface area contributed by atoms with Crippen LogP contribution < -0.4 is 5.32 Å². The van der Waals surface area contributed by atoms with Gasteiger partial charge in [-0.05, 0) is 45.7 Å². The van der Waals surface area contributed by atoms with Crippen LogP contribution in [0, 0.1) is 0 Å². The first kappa shape index (κ1) is 14.2. The fraction of sp³-hybridized carbons (Fsp3) is 0.250. The molecular formula is C16H17BrN4. The monoisotopic (exact) mass is 344 g/mol. The Morgan fingerprint density at radius 1 is 1.19 bits per heavy atom. The standard InChI is InChI=1S/C16H17BrN4/c1-18-14(15-16(17)19-20-21(15)2)10-12-8-5-7-11-6-3-4-9-13(11)12/h3-9,14,18H,10H2,1-2H3. The maximum Gasteiger partial charge on any atom is 0.153 e. The van der Waals surface area contributed by atoms with Gasteiger partial charge in [0, 0.05) is 7.05 Å². The second-order valence-electron chi connectivity index (χ2n) is 5.07. The summed E-state index contributed by atoms with van der Waals surface area (Å²) in [4.78, 5) is 0. The molecule has 0 aliphatic heterocycles. The molecule has 0 aliphatic rings. The molecule has 1 heterocycles. The van der Waals surface area contributed by atoms with Gasteiger partial charge in [-0.25, -0.2) is 4.68 Å². The number of rotatable bonds is 4. The Morgan fingerprint density at radius 3 is 2.67 bits per heavy atom. The van der Waals surface area contributed by atoms with Crippen molar-refractivity contribution in [2.24, 2.45) is 7.05 Å². The summed E-state index contributed by atoms with van der Waals surface area (Å²) in [5.74, 6) is 0. The van der Waals surface area contributed by atoms with E-state index in [1.54, 1.807) is 0 Å². The number of nitrogens with one attached hydrogen (secondary N) is 1. The highest BCUT2D eigenvalue weighted by molar-refractivity contribution is 9.10. The summed E-state index contributed by atoms with van der Waals surface area (Å²) in [5, 5.41) is 14.1. The number of aryl methyl sites for hydroxylation is 1. The molecule has 1 aromatic heterocycles. The van der Waals surface area contributed by atoms with Crippen LogP contribution in [-0.4, -0.2) is 22.0 Å². The topological polar surface area (TPSA) is 42.7 Å². The summed E-state index contributed by atoms with van der Waals surface area (Å²) in [6.07, 6.45) is 0.887. The van der Waals surface area contributed by atoms with Gasteiger partial charge in [-0.3, -0.25) is 0 Å². The molecule has 5 heteroatoms. The highest BCUT2D eigenvalue weighted by atomic mass is 79.9. The van der Waals surface area contributed by atoms with Crippen molar-refractivity contribution in [3.05, 3.63) is 58.3 Å². The first-order valence-corrected chi connectivity index (χ1v) is 7.69. The lowest BCUT2D eigenvalue weighted by Gasteiger charge is -2.17. The van der Waals surface area contributed by atoms with Crippen LogP contribution in [0.1, 0.15) is 17.3 Å². The SMILES string of the molecule is CNC(Cc1cccc2ccccc12)c1c(Br)nnn1C. The number of likely N-dealkylation sites (N-methyl/N-ethyl adjacent to an activating group) is 1. The van der Waals surface area contributed by atoms with Crippen molar-refractivity contribution < 1.29 is 0 Å². The third-order valence-corrected chi connectivity index (χ3v) is 4.37. The molecule has 0 amide bonds. The van der Waals surface area contributed by atoms with Gasteiger partial charge >= 0.3 is 0 Å². The quantitative estimate of drug-likeness (QED) is 0.790. The first-order chi connectivity index (χ1) is 10.2. The average molecular weight is 345 g/mol. The zero-order valence-corrected chi connectivity index (χ0v) is 13.6. The van der Waals surface area contributed by atoms with Crippen molar-refractivity contribution in [1.29, 1.82) is 0 Å². The molecule has 2 aromatic carbocycles. The molecule has 3 rings (SSSR count). The van der Waals surface area contributed by atoms with Crippen molar-refractivity contribution in [2.45, 2.75) is 12.5 Å². The number of hydrogen-bond donors (Lipinski definition) is 1. The zero-order valence-electron chi connectivity index (χ0n) is 12.0. The molecule has 1 N–H and O–H groups in total. The van der Waals surface area contributed by atoms with Crippen LogP contribution >= 0.6 is 15.9 Å². The van der Waals surface area contributed by atoms with Gasteiger partial charge in [-0.15, -0.1) is 5.10 Å². The van der Waals surface area contributed by atoms with Gasteiger partial charge < -0.3 is 5.32 Å². The van der Waals surface area contributed by atoms with Crippen LogP contribution in [0.5, 0.6) is 0 Å². The van der Waals surface area contributed by atoms with E-state index >= 15 is 0 Å². The number of aromatic nitrogens is 3. The van der Waals surface area contributed by atoms with E-state index in [1.165, 1.54) is 16.3 Å². The van der Waals surface area contributed by atoms with E-state index in [2.05, 4.69) is 74.0 Å². The van der Waals surface area contributed by atoms with Gasteiger partial charge in [0.1, 0.15) is 0 Å². The molecule has 21 heavy (non-hydrogen) atoms. The maximum absolute atomic E-state index is 4.08. The molecular weight excluding hydrogens is 328 g/mol. The van der Waals surface area contributed by atoms with Crippen molar-refractivity contribution in [3.63, 3.8) is 0 Å². The van der Waals surface area contributed by atoms with E-state index in [-0.39, 0.29) is 6.04 Å². The van der Waals surface area contributed by atoms with Crippen LogP contribution in [0.15, 0.2) is 47.1 Å². The Balaban J connectivity index is 2.00. The summed E-state index contributed by atoms with van der Waals surface area (Å²) in [7, 11) is 3.88. The van der Waals surface area contributed by atoms with E-state index in [0.29, 0.717) is 0 Å². The van der Waals surface area contributed by atoms with Crippen molar-refractivity contribution in [3.8, 4) is 0 Å². The number of halogens is 1. The van der Waals surface area contributed by atoms with Crippen LogP contribution in [0.4, 0.5) is 0 Å². The molecule has 0 bridgehead atoms. The van der Waals surface area contributed by atoms with Crippen LogP contribution in [0.25, 0.3) is 10.8 Å². The van der Waals surface area contributed by atoms with E-state index in [4.69, 9.17) is 0 Å². The van der Waals surface area contributed by atoms with Crippen molar-refractivity contribution in [1.82, 2.24) is 20.3 Å². The molecule has 0 saturated carbocycles. The van der Waals surface area contributed by atoms with Gasteiger partial charge in [-0.2, -0.15) is 0 Å². The van der Waals surface area contributed by atoms with Gasteiger partial charge in [0.05, 0.1) is 11.7 Å². The van der Waals surface area contributed by atoms with Gasteiger partial charge in [0.2, 0.25) is 0 Å². The minimum atomic E-state index is 0.158. The third kappa shape index (κ3) is 2.71. The smallest absolute Gasteiger partial charge is 0.153 e. The van der Waals surface area contributed by atoms with Crippen molar-refractivity contribution >= 4 is 26.7 Å². The minimum Gasteiger partial charge on any atom is -0.311 e. The van der Waals surface area contributed by atoms with Crippen molar-refractivity contribution in [2.75, 3.05) is 7.05 Å². The summed E-state index contributed by atoms with van der Waals surface area (Å²) < 4.78 is 2.61. The molecule has 0 aliphatic carbocycles. The van der Waals surface area contributed by atoms with Crippen LogP contribution in [0.3, 0.4) is 0 Å². The van der Waals surface area contributed by atoms with E-state index < -0.39 is 0 Å². The fourth-order valence-corrected chi connectivity index (χ4v) is 3.34. The second kappa shape index (κ2) is 5.95. The molecule has 1 unspecified atom stereocenters. The van der Waals surface area contributed by atoms with Crippen LogP contribution in [0.2, 0.25) is 0 Å². The number of hydrogen-bond acceptors (Lipinski definition) is 3. The van der Waals surface area contributed by atoms with Gasteiger partial charge in [0.25, 0.3) is 0 Å². The molecule has 3 aromatic rings. The van der Waals surface area contributed by atoms with E-state index in [1.807, 2.05) is 18.8 Å². The average Bonchev–Trinajstić information content (AvgIpc) is 2.84. The fourth-order valence-electron chi connectivity index (χ4n) is 2.73. The molecule has 0 saturated heterocycles. The summed E-state index contributed by atoms with van der Waals surface area (Å²) in [6, 6.07) is 15.1.